The second-order valence-corrected chi connectivity index (χ2v) is 6.18. The number of hydrogen-bond acceptors (Lipinski definition) is 4. The Kier molecular flexibility index (Phi) is 4.45. The maximum atomic E-state index is 6.32. The molecule has 5 heteroatoms. The molecule has 0 bridgehead atoms. The second-order valence-electron chi connectivity index (χ2n) is 4.71. The number of halogens is 1. The molecule has 0 aliphatic rings. The van der Waals surface area contributed by atoms with Crippen LogP contribution in [0.5, 0.6) is 0 Å². The molecule has 102 valence electrons. The van der Waals surface area contributed by atoms with Crippen molar-refractivity contribution in [2.45, 2.75) is 26.4 Å². The van der Waals surface area contributed by atoms with Crippen LogP contribution < -0.4 is 10.6 Å². The first-order valence-corrected chi connectivity index (χ1v) is 7.40. The fraction of sp³-hybridized carbons (Fsp3) is 0.357. The number of rotatable bonds is 4. The highest BCUT2D eigenvalue weighted by molar-refractivity contribution is 7.09. The average Bonchev–Trinajstić information content (AvgIpc) is 2.74. The topological polar surface area (TPSA) is 42.2 Å². The third-order valence-electron chi connectivity index (χ3n) is 2.97. The lowest BCUT2D eigenvalue weighted by molar-refractivity contribution is 0.816. The van der Waals surface area contributed by atoms with E-state index in [1.807, 2.05) is 39.1 Å². The van der Waals surface area contributed by atoms with E-state index in [1.165, 1.54) is 0 Å². The van der Waals surface area contributed by atoms with Crippen LogP contribution in [0.4, 0.5) is 5.69 Å². The predicted octanol–water partition coefficient (Wildman–Crippen LogP) is 3.76. The van der Waals surface area contributed by atoms with E-state index in [2.05, 4.69) is 15.3 Å². The zero-order valence-electron chi connectivity index (χ0n) is 11.4. The number of aryl methyl sites for hydroxylation is 1. The van der Waals surface area contributed by atoms with Gasteiger partial charge in [-0.15, -0.1) is 11.3 Å². The van der Waals surface area contributed by atoms with Gasteiger partial charge in [0.2, 0.25) is 0 Å². The van der Waals surface area contributed by atoms with Gasteiger partial charge in [0.05, 0.1) is 28.0 Å². The van der Waals surface area contributed by atoms with Crippen molar-refractivity contribution in [3.8, 4) is 0 Å². The summed E-state index contributed by atoms with van der Waals surface area (Å²) in [5.41, 5.74) is 8.97. The van der Waals surface area contributed by atoms with E-state index in [0.717, 1.165) is 33.5 Å². The van der Waals surface area contributed by atoms with E-state index >= 15 is 0 Å². The van der Waals surface area contributed by atoms with Crippen molar-refractivity contribution < 1.29 is 0 Å². The molecule has 0 unspecified atom stereocenters. The Morgan fingerprint density at radius 3 is 2.74 bits per heavy atom. The third kappa shape index (κ3) is 3.47. The fourth-order valence-electron chi connectivity index (χ4n) is 1.92. The van der Waals surface area contributed by atoms with Crippen LogP contribution in [0, 0.1) is 6.92 Å². The summed E-state index contributed by atoms with van der Waals surface area (Å²) in [5.74, 6) is 0. The molecule has 3 nitrogen and oxygen atoms in total. The molecule has 0 spiro atoms. The van der Waals surface area contributed by atoms with Crippen molar-refractivity contribution in [1.82, 2.24) is 4.98 Å². The van der Waals surface area contributed by atoms with Crippen LogP contribution in [-0.2, 0) is 6.54 Å². The maximum Gasteiger partial charge on any atom is 0.0898 e. The maximum absolute atomic E-state index is 6.32. The predicted molar refractivity (Wildman–Crippen MR) is 83.0 cm³/mol. The molecule has 2 rings (SSSR count). The van der Waals surface area contributed by atoms with Gasteiger partial charge in [-0.3, -0.25) is 0 Å². The summed E-state index contributed by atoms with van der Waals surface area (Å²) in [6.07, 6.45) is 0. The zero-order valence-corrected chi connectivity index (χ0v) is 12.9. The van der Waals surface area contributed by atoms with Gasteiger partial charge in [-0.1, -0.05) is 17.7 Å². The molecule has 0 amide bonds. The van der Waals surface area contributed by atoms with E-state index in [1.54, 1.807) is 11.3 Å². The molecular weight excluding hydrogens is 278 g/mol. The van der Waals surface area contributed by atoms with Crippen molar-refractivity contribution >= 4 is 28.6 Å². The number of thiazole rings is 1. The highest BCUT2D eigenvalue weighted by Crippen LogP contribution is 2.28. The molecule has 2 N–H and O–H groups in total. The average molecular weight is 296 g/mol. The van der Waals surface area contributed by atoms with Gasteiger partial charge in [0.15, 0.2) is 0 Å². The van der Waals surface area contributed by atoms with Crippen molar-refractivity contribution in [2.24, 2.45) is 5.73 Å². The Labute approximate surface area is 123 Å². The number of aromatic nitrogens is 1. The number of anilines is 1. The van der Waals surface area contributed by atoms with Gasteiger partial charge in [0.25, 0.3) is 0 Å². The van der Waals surface area contributed by atoms with Crippen LogP contribution in [0.15, 0.2) is 23.6 Å². The lowest BCUT2D eigenvalue weighted by Crippen LogP contribution is -2.17. The van der Waals surface area contributed by atoms with Crippen molar-refractivity contribution in [3.63, 3.8) is 0 Å². The first-order chi connectivity index (χ1) is 8.97. The van der Waals surface area contributed by atoms with Gasteiger partial charge in [-0.05, 0) is 31.5 Å². The summed E-state index contributed by atoms with van der Waals surface area (Å²) in [6.45, 7) is 4.72. The molecule has 1 heterocycles. The fourth-order valence-corrected chi connectivity index (χ4v) is 2.86. The van der Waals surface area contributed by atoms with Gasteiger partial charge in [0.1, 0.15) is 0 Å². The second kappa shape index (κ2) is 5.90. The zero-order chi connectivity index (χ0) is 14.0. The summed E-state index contributed by atoms with van der Waals surface area (Å²) in [6, 6.07) is 5.97. The Morgan fingerprint density at radius 1 is 1.47 bits per heavy atom. The van der Waals surface area contributed by atoms with Gasteiger partial charge in [-0.25, -0.2) is 4.98 Å². The largest absolute Gasteiger partial charge is 0.367 e. The van der Waals surface area contributed by atoms with Gasteiger partial charge in [-0.2, -0.15) is 0 Å². The van der Waals surface area contributed by atoms with E-state index < -0.39 is 0 Å². The molecular formula is C14H18ClN3S. The Bertz CT molecular complexity index is 566. The molecule has 19 heavy (non-hydrogen) atoms. The minimum absolute atomic E-state index is 0.00181. The van der Waals surface area contributed by atoms with E-state index in [0.29, 0.717) is 0 Å². The van der Waals surface area contributed by atoms with Crippen LogP contribution in [0.25, 0.3) is 0 Å². The summed E-state index contributed by atoms with van der Waals surface area (Å²) < 4.78 is 0. The highest BCUT2D eigenvalue weighted by Gasteiger charge is 2.10. The molecule has 0 saturated heterocycles. The molecule has 0 aliphatic carbocycles. The summed E-state index contributed by atoms with van der Waals surface area (Å²) in [5, 5.41) is 3.89. The van der Waals surface area contributed by atoms with E-state index in [9.17, 15) is 0 Å². The molecule has 0 saturated carbocycles. The van der Waals surface area contributed by atoms with Crippen LogP contribution in [-0.4, -0.2) is 12.0 Å². The van der Waals surface area contributed by atoms with E-state index in [4.69, 9.17) is 17.3 Å². The van der Waals surface area contributed by atoms with Crippen LogP contribution in [0.1, 0.15) is 29.2 Å². The smallest absolute Gasteiger partial charge is 0.0898 e. The molecule has 1 aromatic carbocycles. The van der Waals surface area contributed by atoms with Crippen molar-refractivity contribution in [3.05, 3.63) is 44.9 Å². The third-order valence-corrected chi connectivity index (χ3v) is 4.10. The number of nitrogens with zero attached hydrogens (tertiary/aromatic N) is 2. The van der Waals surface area contributed by atoms with Gasteiger partial charge >= 0.3 is 0 Å². The minimum atomic E-state index is -0.00181. The molecule has 0 radical (unpaired) electrons. The minimum Gasteiger partial charge on any atom is -0.367 e. The lowest BCUT2D eigenvalue weighted by atomic mass is 10.1. The van der Waals surface area contributed by atoms with Crippen LogP contribution in [0.2, 0.25) is 5.02 Å². The Hall–Kier alpha value is -1.10. The molecule has 0 fully saturated rings. The quantitative estimate of drug-likeness (QED) is 0.934. The monoisotopic (exact) mass is 295 g/mol. The first kappa shape index (κ1) is 14.3. The summed E-state index contributed by atoms with van der Waals surface area (Å²) >= 11 is 7.99. The molecule has 1 atom stereocenters. The lowest BCUT2D eigenvalue weighted by Gasteiger charge is -2.20. The number of hydrogen-bond donors (Lipinski definition) is 1. The van der Waals surface area contributed by atoms with Crippen molar-refractivity contribution in [1.29, 1.82) is 0 Å². The van der Waals surface area contributed by atoms with Crippen molar-refractivity contribution in [2.75, 3.05) is 11.9 Å². The standard InChI is InChI=1S/C14H18ClN3S/c1-9(16)11-4-5-14(13(15)6-11)18(3)7-12-8-19-10(2)17-12/h4-6,8-9H,7,16H2,1-3H3/t9-/m0/s1. The van der Waals surface area contributed by atoms with Crippen LogP contribution in [0.3, 0.4) is 0 Å². The molecule has 0 aliphatic heterocycles. The Morgan fingerprint density at radius 2 is 2.21 bits per heavy atom. The van der Waals surface area contributed by atoms with Gasteiger partial charge in [0, 0.05) is 18.5 Å². The normalized spacial score (nSPS) is 12.5. The highest BCUT2D eigenvalue weighted by atomic mass is 35.5. The number of benzene rings is 1. The first-order valence-electron chi connectivity index (χ1n) is 6.14. The summed E-state index contributed by atoms with van der Waals surface area (Å²) in [7, 11) is 2.02. The summed E-state index contributed by atoms with van der Waals surface area (Å²) in [4.78, 5) is 6.56. The van der Waals surface area contributed by atoms with E-state index in [-0.39, 0.29) is 6.04 Å². The number of nitrogens with two attached hydrogens (primary N) is 1. The molecule has 1 aromatic heterocycles. The van der Waals surface area contributed by atoms with Crippen LogP contribution >= 0.6 is 22.9 Å². The van der Waals surface area contributed by atoms with Gasteiger partial charge < -0.3 is 10.6 Å². The SMILES string of the molecule is Cc1nc(CN(C)c2ccc([C@H](C)N)cc2Cl)cs1. The Balaban J connectivity index is 2.17. The molecule has 2 aromatic rings.